The summed E-state index contributed by atoms with van der Waals surface area (Å²) in [4.78, 5) is 16.6. The quantitative estimate of drug-likeness (QED) is 0.775. The molecule has 0 radical (unpaired) electrons. The summed E-state index contributed by atoms with van der Waals surface area (Å²) in [5.74, 6) is -1.70. The van der Waals surface area contributed by atoms with E-state index in [1.165, 1.54) is 18.2 Å². The maximum Gasteiger partial charge on any atom is 0.287 e. The van der Waals surface area contributed by atoms with Crippen LogP contribution in [0.5, 0.6) is 0 Å². The lowest BCUT2D eigenvalue weighted by Gasteiger charge is -2.01. The molecule has 0 unspecified atom stereocenters. The Bertz CT molecular complexity index is 551. The summed E-state index contributed by atoms with van der Waals surface area (Å²) in [5, 5.41) is 0. The lowest BCUT2D eigenvalue weighted by Crippen LogP contribution is -2.12. The van der Waals surface area contributed by atoms with Gasteiger partial charge >= 0.3 is 0 Å². The van der Waals surface area contributed by atoms with E-state index in [0.717, 1.165) is 6.33 Å². The number of benzene rings is 1. The Morgan fingerprint density at radius 1 is 1.20 bits per heavy atom. The van der Waals surface area contributed by atoms with Crippen LogP contribution in [0.1, 0.15) is 0 Å². The van der Waals surface area contributed by atoms with Gasteiger partial charge in [-0.25, -0.2) is 9.37 Å². The largest absolute Gasteiger partial charge is 0.311 e. The molecule has 15 heavy (non-hydrogen) atoms. The van der Waals surface area contributed by atoms with Crippen molar-refractivity contribution < 1.29 is 8.78 Å². The molecule has 0 saturated carbocycles. The van der Waals surface area contributed by atoms with Gasteiger partial charge in [-0.3, -0.25) is 4.79 Å². The van der Waals surface area contributed by atoms with Gasteiger partial charge in [0.15, 0.2) is 0 Å². The second kappa shape index (κ2) is 3.61. The van der Waals surface area contributed by atoms with Crippen molar-refractivity contribution in [2.24, 2.45) is 0 Å². The van der Waals surface area contributed by atoms with Crippen LogP contribution in [-0.2, 0) is 0 Å². The fourth-order valence-electron chi connectivity index (χ4n) is 1.22. The van der Waals surface area contributed by atoms with Crippen molar-refractivity contribution in [3.63, 3.8) is 0 Å². The van der Waals surface area contributed by atoms with Crippen LogP contribution in [-0.4, -0.2) is 9.97 Å². The fourth-order valence-corrected chi connectivity index (χ4v) is 1.22. The Kier molecular flexibility index (Phi) is 2.29. The van der Waals surface area contributed by atoms with Crippen molar-refractivity contribution in [2.75, 3.05) is 0 Å². The van der Waals surface area contributed by atoms with E-state index >= 15 is 0 Å². The number of aromatic nitrogens is 2. The number of rotatable bonds is 1. The predicted octanol–water partition coefficient (Wildman–Crippen LogP) is 1.72. The number of nitrogens with zero attached hydrogens (tertiary/aromatic N) is 1. The Hall–Kier alpha value is -2.04. The van der Waals surface area contributed by atoms with Crippen LogP contribution >= 0.6 is 0 Å². The smallest absolute Gasteiger partial charge is 0.287 e. The van der Waals surface area contributed by atoms with Crippen LogP contribution < -0.4 is 5.56 Å². The van der Waals surface area contributed by atoms with E-state index in [1.54, 1.807) is 6.07 Å². The second-order valence-corrected chi connectivity index (χ2v) is 2.87. The highest BCUT2D eigenvalue weighted by atomic mass is 19.1. The van der Waals surface area contributed by atoms with Gasteiger partial charge in [0, 0.05) is 5.56 Å². The summed E-state index contributed by atoms with van der Waals surface area (Å²) in [6, 6.07) is 5.56. The molecule has 0 amide bonds. The molecular formula is C10H6F2N2O. The van der Waals surface area contributed by atoms with Gasteiger partial charge in [0.1, 0.15) is 11.5 Å². The van der Waals surface area contributed by atoms with E-state index in [-0.39, 0.29) is 11.3 Å². The molecule has 0 aliphatic carbocycles. The zero-order valence-corrected chi connectivity index (χ0v) is 7.50. The topological polar surface area (TPSA) is 45.8 Å². The molecule has 1 aromatic heterocycles. The minimum Gasteiger partial charge on any atom is -0.311 e. The van der Waals surface area contributed by atoms with Crippen LogP contribution in [0.25, 0.3) is 11.3 Å². The number of aromatic amines is 1. The van der Waals surface area contributed by atoms with Crippen LogP contribution in [0.2, 0.25) is 0 Å². The molecule has 3 nitrogen and oxygen atoms in total. The predicted molar refractivity (Wildman–Crippen MR) is 50.2 cm³/mol. The first-order valence-corrected chi connectivity index (χ1v) is 4.18. The average molecular weight is 208 g/mol. The number of hydrogen-bond donors (Lipinski definition) is 1. The molecule has 2 rings (SSSR count). The normalized spacial score (nSPS) is 10.3. The highest BCUT2D eigenvalue weighted by Crippen LogP contribution is 2.20. The van der Waals surface area contributed by atoms with Crippen LogP contribution in [0.4, 0.5) is 8.78 Å². The first-order chi connectivity index (χ1) is 7.20. The molecule has 1 aromatic carbocycles. The molecule has 5 heteroatoms. The highest BCUT2D eigenvalue weighted by molar-refractivity contribution is 5.59. The van der Waals surface area contributed by atoms with Gasteiger partial charge in [-0.1, -0.05) is 12.1 Å². The molecule has 2 aromatic rings. The Morgan fingerprint density at radius 3 is 2.67 bits per heavy atom. The number of nitrogens with one attached hydrogen (secondary N) is 1. The van der Waals surface area contributed by atoms with Crippen molar-refractivity contribution in [2.45, 2.75) is 0 Å². The first kappa shape index (κ1) is 9.51. The third kappa shape index (κ3) is 1.63. The van der Waals surface area contributed by atoms with Crippen molar-refractivity contribution in [1.82, 2.24) is 9.97 Å². The molecule has 0 fully saturated rings. The monoisotopic (exact) mass is 208 g/mol. The van der Waals surface area contributed by atoms with Crippen LogP contribution in [0.15, 0.2) is 35.4 Å². The lowest BCUT2D eigenvalue weighted by molar-refractivity contribution is 0.596. The fraction of sp³-hybridized carbons (Fsp3) is 0. The molecule has 0 saturated heterocycles. The molecule has 1 heterocycles. The van der Waals surface area contributed by atoms with Crippen molar-refractivity contribution >= 4 is 0 Å². The van der Waals surface area contributed by atoms with Gasteiger partial charge in [-0.05, 0) is 12.1 Å². The highest BCUT2D eigenvalue weighted by Gasteiger charge is 2.13. The summed E-state index contributed by atoms with van der Waals surface area (Å²) in [7, 11) is 0. The van der Waals surface area contributed by atoms with E-state index in [2.05, 4.69) is 9.97 Å². The standard InChI is InChI=1S/C10H6F2N2O/c11-7-4-2-1-3-6(7)9-8(12)10(15)14-5-13-9/h1-5H,(H,13,14,15). The Balaban J connectivity index is 2.70. The SMILES string of the molecule is O=c1[nH]cnc(-c2ccccc2F)c1F. The van der Waals surface area contributed by atoms with Crippen LogP contribution in [0.3, 0.4) is 0 Å². The lowest BCUT2D eigenvalue weighted by atomic mass is 10.1. The number of H-pyrrole nitrogens is 1. The molecule has 1 N–H and O–H groups in total. The van der Waals surface area contributed by atoms with Gasteiger partial charge in [-0.2, -0.15) is 4.39 Å². The molecule has 0 aliphatic rings. The van der Waals surface area contributed by atoms with E-state index in [0.29, 0.717) is 0 Å². The molecule has 0 spiro atoms. The Labute approximate surface area is 83.4 Å². The third-order valence-corrected chi connectivity index (χ3v) is 1.93. The van der Waals surface area contributed by atoms with Crippen LogP contribution in [0, 0.1) is 11.6 Å². The number of hydrogen-bond acceptors (Lipinski definition) is 2. The maximum absolute atomic E-state index is 13.3. The van der Waals surface area contributed by atoms with Crippen molar-refractivity contribution in [1.29, 1.82) is 0 Å². The van der Waals surface area contributed by atoms with Gasteiger partial charge in [0.05, 0.1) is 6.33 Å². The zero-order chi connectivity index (χ0) is 10.8. The minimum atomic E-state index is -1.08. The van der Waals surface area contributed by atoms with E-state index in [9.17, 15) is 13.6 Å². The van der Waals surface area contributed by atoms with E-state index < -0.39 is 17.2 Å². The molecule has 76 valence electrons. The van der Waals surface area contributed by atoms with E-state index in [4.69, 9.17) is 0 Å². The third-order valence-electron chi connectivity index (χ3n) is 1.93. The zero-order valence-electron chi connectivity index (χ0n) is 7.50. The van der Waals surface area contributed by atoms with Crippen molar-refractivity contribution in [3.05, 3.63) is 52.6 Å². The van der Waals surface area contributed by atoms with Gasteiger partial charge in [0.25, 0.3) is 5.56 Å². The molecule has 0 atom stereocenters. The van der Waals surface area contributed by atoms with Crippen molar-refractivity contribution in [3.8, 4) is 11.3 Å². The second-order valence-electron chi connectivity index (χ2n) is 2.87. The summed E-state index contributed by atoms with van der Waals surface area (Å²) >= 11 is 0. The first-order valence-electron chi connectivity index (χ1n) is 4.18. The van der Waals surface area contributed by atoms with Gasteiger partial charge in [-0.15, -0.1) is 0 Å². The summed E-state index contributed by atoms with van der Waals surface area (Å²) in [6.45, 7) is 0. The summed E-state index contributed by atoms with van der Waals surface area (Å²) < 4.78 is 26.6. The maximum atomic E-state index is 13.3. The minimum absolute atomic E-state index is 0.0268. The molecule has 0 aliphatic heterocycles. The Morgan fingerprint density at radius 2 is 1.93 bits per heavy atom. The van der Waals surface area contributed by atoms with Gasteiger partial charge in [0.2, 0.25) is 5.82 Å². The van der Waals surface area contributed by atoms with Gasteiger partial charge < -0.3 is 4.98 Å². The molecular weight excluding hydrogens is 202 g/mol. The molecule has 0 bridgehead atoms. The van der Waals surface area contributed by atoms with E-state index in [1.807, 2.05) is 0 Å². The average Bonchev–Trinajstić information content (AvgIpc) is 2.23. The number of halogens is 2. The summed E-state index contributed by atoms with van der Waals surface area (Å²) in [6.07, 6.45) is 1.03. The summed E-state index contributed by atoms with van der Waals surface area (Å²) in [5.41, 5.74) is -1.22.